The van der Waals surface area contributed by atoms with Gasteiger partial charge in [-0.25, -0.2) is 4.98 Å². The topological polar surface area (TPSA) is 129 Å². The lowest BCUT2D eigenvalue weighted by molar-refractivity contribution is -0.384. The SMILES string of the molecule is CCCC(CC(=O)O)Nc1ncc(C#N)cc1[N+](=O)[O-]. The molecule has 8 heteroatoms. The average Bonchev–Trinajstić information content (AvgIpc) is 2.38. The number of rotatable bonds is 7. The minimum atomic E-state index is -0.993. The standard InChI is InChI=1S/C12H14N4O4/c1-2-3-9(5-11(17)18)15-12-10(16(19)20)4-8(6-13)7-14-12/h4,7,9H,2-3,5H2,1H3,(H,14,15)(H,17,18). The number of pyridine rings is 1. The first-order chi connectivity index (χ1) is 9.47. The summed E-state index contributed by atoms with van der Waals surface area (Å²) in [5, 5.41) is 31.2. The molecule has 2 N–H and O–H groups in total. The highest BCUT2D eigenvalue weighted by molar-refractivity contribution is 5.69. The second-order valence-corrected chi connectivity index (χ2v) is 4.19. The fourth-order valence-corrected chi connectivity index (χ4v) is 1.74. The van der Waals surface area contributed by atoms with Crippen LogP contribution in [0.15, 0.2) is 12.3 Å². The Labute approximate surface area is 115 Å². The van der Waals surface area contributed by atoms with E-state index in [0.29, 0.717) is 6.42 Å². The summed E-state index contributed by atoms with van der Waals surface area (Å²) in [5.41, 5.74) is -0.261. The van der Waals surface area contributed by atoms with Gasteiger partial charge in [0.05, 0.1) is 16.9 Å². The minimum Gasteiger partial charge on any atom is -0.481 e. The van der Waals surface area contributed by atoms with E-state index in [9.17, 15) is 14.9 Å². The molecular formula is C12H14N4O4. The number of carboxylic acids is 1. The maximum absolute atomic E-state index is 11.0. The molecule has 0 fully saturated rings. The van der Waals surface area contributed by atoms with Crippen LogP contribution in [0.25, 0.3) is 0 Å². The van der Waals surface area contributed by atoms with Crippen LogP contribution in [0.1, 0.15) is 31.7 Å². The number of anilines is 1. The number of carbonyl (C=O) groups is 1. The third-order valence-electron chi connectivity index (χ3n) is 2.59. The van der Waals surface area contributed by atoms with Crippen LogP contribution >= 0.6 is 0 Å². The maximum Gasteiger partial charge on any atom is 0.312 e. The Balaban J connectivity index is 3.02. The normalized spacial score (nSPS) is 11.4. The van der Waals surface area contributed by atoms with E-state index < -0.39 is 16.9 Å². The molecule has 1 aromatic heterocycles. The Bertz CT molecular complexity index is 553. The maximum atomic E-state index is 11.0. The molecule has 106 valence electrons. The highest BCUT2D eigenvalue weighted by Gasteiger charge is 2.20. The molecule has 0 radical (unpaired) electrons. The molecule has 1 unspecified atom stereocenters. The highest BCUT2D eigenvalue weighted by atomic mass is 16.6. The number of aromatic nitrogens is 1. The molecule has 0 aliphatic carbocycles. The number of nitro groups is 1. The Morgan fingerprint density at radius 1 is 1.70 bits per heavy atom. The van der Waals surface area contributed by atoms with E-state index in [4.69, 9.17) is 10.4 Å². The summed E-state index contributed by atoms with van der Waals surface area (Å²) in [6, 6.07) is 2.43. The fourth-order valence-electron chi connectivity index (χ4n) is 1.74. The fraction of sp³-hybridized carbons (Fsp3) is 0.417. The monoisotopic (exact) mass is 278 g/mol. The van der Waals surface area contributed by atoms with Gasteiger partial charge in [0.15, 0.2) is 0 Å². The quantitative estimate of drug-likeness (QED) is 0.575. The van der Waals surface area contributed by atoms with Gasteiger partial charge in [0.2, 0.25) is 5.82 Å². The van der Waals surface area contributed by atoms with E-state index in [2.05, 4.69) is 10.3 Å². The van der Waals surface area contributed by atoms with Crippen LogP contribution in [0.4, 0.5) is 11.5 Å². The van der Waals surface area contributed by atoms with Crippen molar-refractivity contribution < 1.29 is 14.8 Å². The number of nitriles is 1. The molecule has 8 nitrogen and oxygen atoms in total. The molecule has 0 amide bonds. The van der Waals surface area contributed by atoms with Crippen molar-refractivity contribution in [3.05, 3.63) is 27.9 Å². The molecule has 1 aromatic rings. The van der Waals surface area contributed by atoms with Crippen LogP contribution in [0.5, 0.6) is 0 Å². The van der Waals surface area contributed by atoms with Gasteiger partial charge in [-0.15, -0.1) is 0 Å². The van der Waals surface area contributed by atoms with Crippen molar-refractivity contribution in [2.45, 2.75) is 32.2 Å². The summed E-state index contributed by atoms with van der Waals surface area (Å²) >= 11 is 0. The van der Waals surface area contributed by atoms with E-state index >= 15 is 0 Å². The number of nitrogens with one attached hydrogen (secondary N) is 1. The van der Waals surface area contributed by atoms with E-state index in [1.807, 2.05) is 6.92 Å². The van der Waals surface area contributed by atoms with Gasteiger partial charge < -0.3 is 10.4 Å². The summed E-state index contributed by atoms with van der Waals surface area (Å²) in [7, 11) is 0. The summed E-state index contributed by atoms with van der Waals surface area (Å²) in [4.78, 5) is 24.9. The summed E-state index contributed by atoms with van der Waals surface area (Å²) < 4.78 is 0. The lowest BCUT2D eigenvalue weighted by Crippen LogP contribution is -2.24. The van der Waals surface area contributed by atoms with Crippen LogP contribution in [-0.4, -0.2) is 27.0 Å². The number of hydrogen-bond acceptors (Lipinski definition) is 6. The number of hydrogen-bond donors (Lipinski definition) is 2. The van der Waals surface area contributed by atoms with Crippen molar-refractivity contribution in [2.24, 2.45) is 0 Å². The molecule has 0 aromatic carbocycles. The van der Waals surface area contributed by atoms with Gasteiger partial charge >= 0.3 is 11.7 Å². The van der Waals surface area contributed by atoms with Crippen molar-refractivity contribution in [2.75, 3.05) is 5.32 Å². The van der Waals surface area contributed by atoms with Crippen LogP contribution in [0.2, 0.25) is 0 Å². The average molecular weight is 278 g/mol. The molecule has 0 aliphatic heterocycles. The Morgan fingerprint density at radius 2 is 2.40 bits per heavy atom. The Morgan fingerprint density at radius 3 is 2.90 bits per heavy atom. The van der Waals surface area contributed by atoms with Gasteiger partial charge in [-0.1, -0.05) is 13.3 Å². The van der Waals surface area contributed by atoms with E-state index in [1.165, 1.54) is 6.20 Å². The summed E-state index contributed by atoms with van der Waals surface area (Å²) in [6.07, 6.45) is 2.33. The van der Waals surface area contributed by atoms with Gasteiger partial charge in [0, 0.05) is 18.3 Å². The van der Waals surface area contributed by atoms with Gasteiger partial charge in [0.25, 0.3) is 0 Å². The summed E-state index contributed by atoms with van der Waals surface area (Å²) in [5.74, 6) is -1.01. The van der Waals surface area contributed by atoms with Gasteiger partial charge in [-0.2, -0.15) is 5.26 Å². The number of aliphatic carboxylic acids is 1. The molecule has 1 rings (SSSR count). The Hall–Kier alpha value is -2.69. The first-order valence-electron chi connectivity index (χ1n) is 6.00. The summed E-state index contributed by atoms with van der Waals surface area (Å²) in [6.45, 7) is 1.89. The molecule has 1 heterocycles. The smallest absolute Gasteiger partial charge is 0.312 e. The third kappa shape index (κ3) is 4.20. The number of carboxylic acid groups (broad SMARTS) is 1. The van der Waals surface area contributed by atoms with E-state index in [0.717, 1.165) is 12.5 Å². The molecule has 0 bridgehead atoms. The number of nitrogens with zero attached hydrogens (tertiary/aromatic N) is 3. The predicted molar refractivity (Wildman–Crippen MR) is 70.2 cm³/mol. The first kappa shape index (κ1) is 15.4. The molecule has 0 saturated carbocycles. The zero-order chi connectivity index (χ0) is 15.1. The van der Waals surface area contributed by atoms with Crippen molar-refractivity contribution in [3.63, 3.8) is 0 Å². The van der Waals surface area contributed by atoms with Gasteiger partial charge in [-0.05, 0) is 6.42 Å². The zero-order valence-corrected chi connectivity index (χ0v) is 10.9. The molecule has 0 spiro atoms. The molecule has 0 aliphatic rings. The minimum absolute atomic E-state index is 0.0197. The first-order valence-corrected chi connectivity index (χ1v) is 6.00. The van der Waals surface area contributed by atoms with Gasteiger partial charge in [-0.3, -0.25) is 14.9 Å². The Kier molecular flexibility index (Phi) is 5.41. The molecule has 20 heavy (non-hydrogen) atoms. The zero-order valence-electron chi connectivity index (χ0n) is 10.9. The van der Waals surface area contributed by atoms with Crippen LogP contribution in [-0.2, 0) is 4.79 Å². The largest absolute Gasteiger partial charge is 0.481 e. The predicted octanol–water partition coefficient (Wildman–Crippen LogP) is 1.92. The van der Waals surface area contributed by atoms with E-state index in [1.54, 1.807) is 6.07 Å². The van der Waals surface area contributed by atoms with Crippen LogP contribution < -0.4 is 5.32 Å². The highest BCUT2D eigenvalue weighted by Crippen LogP contribution is 2.24. The molecule has 0 saturated heterocycles. The van der Waals surface area contributed by atoms with Crippen LogP contribution in [0.3, 0.4) is 0 Å². The van der Waals surface area contributed by atoms with Crippen LogP contribution in [0, 0.1) is 21.4 Å². The lowest BCUT2D eigenvalue weighted by atomic mass is 10.1. The second kappa shape index (κ2) is 7.04. The second-order valence-electron chi connectivity index (χ2n) is 4.19. The van der Waals surface area contributed by atoms with Crippen molar-refractivity contribution >= 4 is 17.5 Å². The molecule has 1 atom stereocenters. The van der Waals surface area contributed by atoms with Crippen molar-refractivity contribution in [3.8, 4) is 6.07 Å². The van der Waals surface area contributed by atoms with Crippen molar-refractivity contribution in [1.29, 1.82) is 5.26 Å². The third-order valence-corrected chi connectivity index (χ3v) is 2.59. The van der Waals surface area contributed by atoms with Crippen molar-refractivity contribution in [1.82, 2.24) is 4.98 Å². The lowest BCUT2D eigenvalue weighted by Gasteiger charge is -2.16. The van der Waals surface area contributed by atoms with Gasteiger partial charge in [0.1, 0.15) is 6.07 Å². The molecular weight excluding hydrogens is 264 g/mol. The van der Waals surface area contributed by atoms with E-state index in [-0.39, 0.29) is 23.5 Å².